The average molecular weight is 410 g/mol. The number of nitrogen functional groups attached to an aromatic ring is 1. The van der Waals surface area contributed by atoms with E-state index in [9.17, 15) is 9.59 Å². The van der Waals surface area contributed by atoms with Crippen LogP contribution in [0, 0.1) is 0 Å². The van der Waals surface area contributed by atoms with Gasteiger partial charge in [-0.1, -0.05) is 17.7 Å². The number of amides is 2. The maximum Gasteiger partial charge on any atom is 0.259 e. The molecule has 2 aromatic carbocycles. The molecule has 3 rings (SSSR count). The first-order valence-electron chi connectivity index (χ1n) is 8.34. The minimum atomic E-state index is -0.370. The largest absolute Gasteiger partial charge is 0.496 e. The number of rotatable bonds is 4. The number of nitrogens with zero attached hydrogens (tertiary/aromatic N) is 1. The zero-order valence-corrected chi connectivity index (χ0v) is 16.4. The van der Waals surface area contributed by atoms with Gasteiger partial charge in [0.1, 0.15) is 5.75 Å². The molecule has 27 heavy (non-hydrogen) atoms. The Balaban J connectivity index is 0.00000261. The van der Waals surface area contributed by atoms with Gasteiger partial charge < -0.3 is 20.7 Å². The summed E-state index contributed by atoms with van der Waals surface area (Å²) in [6.07, 6.45) is 2.45. The highest BCUT2D eigenvalue weighted by molar-refractivity contribution is 6.33. The molecular weight excluding hydrogens is 389 g/mol. The van der Waals surface area contributed by atoms with Crippen LogP contribution < -0.4 is 20.7 Å². The molecule has 0 aliphatic carbocycles. The lowest BCUT2D eigenvalue weighted by atomic mass is 10.1. The highest BCUT2D eigenvalue weighted by atomic mass is 35.5. The first-order valence-corrected chi connectivity index (χ1v) is 8.72. The van der Waals surface area contributed by atoms with Crippen LogP contribution in [-0.2, 0) is 4.79 Å². The van der Waals surface area contributed by atoms with Gasteiger partial charge in [-0.15, -0.1) is 12.4 Å². The summed E-state index contributed by atoms with van der Waals surface area (Å²) in [7, 11) is 1.46. The molecule has 1 aliphatic rings. The van der Waals surface area contributed by atoms with Crippen molar-refractivity contribution in [1.29, 1.82) is 0 Å². The molecule has 0 atom stereocenters. The number of ether oxygens (including phenoxy) is 1. The first-order chi connectivity index (χ1) is 12.5. The van der Waals surface area contributed by atoms with Crippen molar-refractivity contribution in [2.75, 3.05) is 29.6 Å². The van der Waals surface area contributed by atoms with E-state index in [1.54, 1.807) is 23.1 Å². The fourth-order valence-electron chi connectivity index (χ4n) is 2.94. The Morgan fingerprint density at radius 2 is 2.04 bits per heavy atom. The molecule has 0 unspecified atom stereocenters. The summed E-state index contributed by atoms with van der Waals surface area (Å²) >= 11 is 6.03. The second kappa shape index (κ2) is 8.97. The third-order valence-electron chi connectivity index (χ3n) is 4.30. The molecule has 2 amide bonds. The van der Waals surface area contributed by atoms with Crippen LogP contribution in [0.4, 0.5) is 17.1 Å². The van der Waals surface area contributed by atoms with Gasteiger partial charge in [0.15, 0.2) is 0 Å². The second-order valence-corrected chi connectivity index (χ2v) is 6.49. The van der Waals surface area contributed by atoms with Crippen molar-refractivity contribution in [3.8, 4) is 5.75 Å². The Morgan fingerprint density at radius 1 is 1.26 bits per heavy atom. The molecule has 0 bridgehead atoms. The van der Waals surface area contributed by atoms with Crippen molar-refractivity contribution >= 4 is 52.9 Å². The molecule has 1 heterocycles. The van der Waals surface area contributed by atoms with E-state index < -0.39 is 0 Å². The molecule has 1 aliphatic heterocycles. The molecule has 3 N–H and O–H groups in total. The van der Waals surface area contributed by atoms with E-state index in [4.69, 9.17) is 22.1 Å². The molecule has 0 aromatic heterocycles. The summed E-state index contributed by atoms with van der Waals surface area (Å²) in [5, 5.41) is 3.10. The van der Waals surface area contributed by atoms with Crippen molar-refractivity contribution < 1.29 is 14.3 Å². The Labute approximate surface area is 169 Å². The van der Waals surface area contributed by atoms with Gasteiger partial charge in [0.25, 0.3) is 5.91 Å². The normalized spacial score (nSPS) is 13.7. The zero-order valence-electron chi connectivity index (χ0n) is 14.8. The number of nitrogens with one attached hydrogen (secondary N) is 1. The third kappa shape index (κ3) is 4.64. The standard InChI is InChI=1S/C19H20ClN3O3.ClH/c1-26-17-11-16(21)15(20)10-14(17)19(25)22-12-5-4-6-13(9-12)23-8-3-2-7-18(23)24;/h4-6,9-11H,2-3,7-8,21H2,1H3,(H,22,25);1H. The molecule has 8 heteroatoms. The van der Waals surface area contributed by atoms with Crippen molar-refractivity contribution in [1.82, 2.24) is 0 Å². The average Bonchev–Trinajstić information content (AvgIpc) is 2.64. The van der Waals surface area contributed by atoms with Crippen molar-refractivity contribution in [2.45, 2.75) is 19.3 Å². The monoisotopic (exact) mass is 409 g/mol. The fourth-order valence-corrected chi connectivity index (χ4v) is 3.11. The zero-order chi connectivity index (χ0) is 18.7. The molecular formula is C19H21Cl2N3O3. The van der Waals surface area contributed by atoms with Crippen molar-refractivity contribution in [3.05, 3.63) is 47.0 Å². The predicted molar refractivity (Wildman–Crippen MR) is 110 cm³/mol. The summed E-state index contributed by atoms with van der Waals surface area (Å²) in [6, 6.07) is 10.2. The second-order valence-electron chi connectivity index (χ2n) is 6.08. The lowest BCUT2D eigenvalue weighted by molar-refractivity contribution is -0.119. The topological polar surface area (TPSA) is 84.7 Å². The van der Waals surface area contributed by atoms with Crippen LogP contribution in [0.1, 0.15) is 29.6 Å². The molecule has 0 spiro atoms. The van der Waals surface area contributed by atoms with Gasteiger partial charge in [0.2, 0.25) is 5.91 Å². The van der Waals surface area contributed by atoms with E-state index in [-0.39, 0.29) is 34.8 Å². The summed E-state index contributed by atoms with van der Waals surface area (Å²) in [4.78, 5) is 26.5. The minimum absolute atomic E-state index is 0. The molecule has 144 valence electrons. The highest BCUT2D eigenvalue weighted by Gasteiger charge is 2.20. The number of carbonyl (C=O) groups is 2. The fraction of sp³-hybridized carbons (Fsp3) is 0.263. The summed E-state index contributed by atoms with van der Waals surface area (Å²) in [6.45, 7) is 0.692. The number of piperidine rings is 1. The van der Waals surface area contributed by atoms with Crippen molar-refractivity contribution in [2.24, 2.45) is 0 Å². The van der Waals surface area contributed by atoms with E-state index in [1.165, 1.54) is 19.2 Å². The van der Waals surface area contributed by atoms with Crippen LogP contribution in [0.5, 0.6) is 5.75 Å². The number of nitrogens with two attached hydrogens (primary N) is 1. The van der Waals surface area contributed by atoms with Crippen molar-refractivity contribution in [3.63, 3.8) is 0 Å². The molecule has 1 saturated heterocycles. The van der Waals surface area contributed by atoms with Gasteiger partial charge >= 0.3 is 0 Å². The molecule has 6 nitrogen and oxygen atoms in total. The molecule has 0 saturated carbocycles. The number of halogens is 2. The van der Waals surface area contributed by atoms with E-state index in [0.29, 0.717) is 30.1 Å². The maximum absolute atomic E-state index is 12.6. The first kappa shape index (κ1) is 20.9. The van der Waals surface area contributed by atoms with Gasteiger partial charge in [0, 0.05) is 30.4 Å². The molecule has 0 radical (unpaired) electrons. The van der Waals surface area contributed by atoms with Crippen LogP contribution in [0.25, 0.3) is 0 Å². The minimum Gasteiger partial charge on any atom is -0.496 e. The third-order valence-corrected chi connectivity index (χ3v) is 4.63. The van der Waals surface area contributed by atoms with Crippen LogP contribution in [0.2, 0.25) is 5.02 Å². The summed E-state index contributed by atoms with van der Waals surface area (Å²) in [5.41, 5.74) is 7.73. The number of anilines is 3. The molecule has 1 fully saturated rings. The lowest BCUT2D eigenvalue weighted by Gasteiger charge is -2.27. The number of carbonyl (C=O) groups excluding carboxylic acids is 2. The maximum atomic E-state index is 12.6. The predicted octanol–water partition coefficient (Wildman–Crippen LogP) is 4.12. The van der Waals surface area contributed by atoms with Crippen LogP contribution in [0.15, 0.2) is 36.4 Å². The van der Waals surface area contributed by atoms with Gasteiger partial charge in [-0.05, 0) is 37.1 Å². The number of methoxy groups -OCH3 is 1. The van der Waals surface area contributed by atoms with Gasteiger partial charge in [0.05, 0.1) is 23.4 Å². The van der Waals surface area contributed by atoms with Gasteiger partial charge in [-0.3, -0.25) is 9.59 Å². The van der Waals surface area contributed by atoms with Crippen LogP contribution in [-0.4, -0.2) is 25.5 Å². The Hall–Kier alpha value is -2.44. The van der Waals surface area contributed by atoms with Crippen LogP contribution >= 0.6 is 24.0 Å². The Bertz CT molecular complexity index is 858. The SMILES string of the molecule is COc1cc(N)c(Cl)cc1C(=O)Nc1cccc(N2CCCCC2=O)c1.Cl. The van der Waals surface area contributed by atoms with E-state index in [2.05, 4.69) is 5.32 Å². The Morgan fingerprint density at radius 3 is 2.74 bits per heavy atom. The van der Waals surface area contributed by atoms with Crippen LogP contribution in [0.3, 0.4) is 0 Å². The van der Waals surface area contributed by atoms with E-state index in [0.717, 1.165) is 18.5 Å². The smallest absolute Gasteiger partial charge is 0.259 e. The number of hydrogen-bond donors (Lipinski definition) is 2. The lowest BCUT2D eigenvalue weighted by Crippen LogP contribution is -2.35. The van der Waals surface area contributed by atoms with E-state index in [1.807, 2.05) is 6.07 Å². The quantitative estimate of drug-likeness (QED) is 0.743. The summed E-state index contributed by atoms with van der Waals surface area (Å²) in [5.74, 6) is 0.0735. The number of hydrogen-bond acceptors (Lipinski definition) is 4. The van der Waals surface area contributed by atoms with E-state index >= 15 is 0 Å². The Kier molecular flexibility index (Phi) is 6.93. The van der Waals surface area contributed by atoms with Gasteiger partial charge in [-0.2, -0.15) is 0 Å². The number of benzene rings is 2. The molecule has 2 aromatic rings. The van der Waals surface area contributed by atoms with Gasteiger partial charge in [-0.25, -0.2) is 0 Å². The highest BCUT2D eigenvalue weighted by Crippen LogP contribution is 2.30. The summed E-state index contributed by atoms with van der Waals surface area (Å²) < 4.78 is 5.22.